The van der Waals surface area contributed by atoms with Gasteiger partial charge in [0.25, 0.3) is 0 Å². The lowest BCUT2D eigenvalue weighted by molar-refractivity contribution is -0.269. The van der Waals surface area contributed by atoms with Crippen LogP contribution in [0.3, 0.4) is 0 Å². The molecule has 2 nitrogen and oxygen atoms in total. The molecule has 9 heteroatoms. The van der Waals surface area contributed by atoms with Crippen molar-refractivity contribution >= 4 is 5.97 Å². The summed E-state index contributed by atoms with van der Waals surface area (Å²) in [5.74, 6) is -18.0. The molecule has 0 heterocycles. The third-order valence-corrected chi connectivity index (χ3v) is 7.77. The topological polar surface area (TPSA) is 26.3 Å². The second-order valence-electron chi connectivity index (χ2n) is 10.1. The first kappa shape index (κ1) is 27.8. The number of rotatable bonds is 9. The van der Waals surface area contributed by atoms with Crippen molar-refractivity contribution in [3.63, 3.8) is 0 Å². The van der Waals surface area contributed by atoms with Crippen LogP contribution in [-0.4, -0.2) is 17.8 Å². The molecule has 198 valence electrons. The van der Waals surface area contributed by atoms with Gasteiger partial charge in [-0.05, 0) is 57.3 Å². The molecule has 0 N–H and O–H groups in total. The van der Waals surface area contributed by atoms with Crippen molar-refractivity contribution in [2.45, 2.75) is 95.8 Å². The van der Waals surface area contributed by atoms with Crippen LogP contribution < -0.4 is 4.74 Å². The van der Waals surface area contributed by atoms with E-state index in [1.807, 2.05) is 0 Å². The van der Waals surface area contributed by atoms with E-state index >= 15 is 17.6 Å². The highest BCUT2D eigenvalue weighted by atomic mass is 19.3. The summed E-state index contributed by atoms with van der Waals surface area (Å²) in [7, 11) is 0. The highest BCUT2D eigenvalue weighted by Crippen LogP contribution is 2.53. The van der Waals surface area contributed by atoms with Crippen molar-refractivity contribution in [3.05, 3.63) is 29.6 Å². The minimum absolute atomic E-state index is 0.0891. The lowest BCUT2D eigenvalue weighted by Crippen LogP contribution is -2.52. The molecule has 2 fully saturated rings. The van der Waals surface area contributed by atoms with Crippen molar-refractivity contribution in [1.82, 2.24) is 0 Å². The van der Waals surface area contributed by atoms with E-state index in [0.717, 1.165) is 25.7 Å². The number of halogens is 7. The van der Waals surface area contributed by atoms with Crippen LogP contribution in [0.5, 0.6) is 5.75 Å². The molecule has 0 atom stereocenters. The maximum absolute atomic E-state index is 15.0. The van der Waals surface area contributed by atoms with Gasteiger partial charge in [-0.2, -0.15) is 17.6 Å². The standard InChI is InChI=1S/C26H33F7O2/c1-2-3-4-5-16-6-10-18(11-7-16)25(30,31)26(32,33)19-12-8-17(9-13-19)24(34)35-20-14-21(27)23(29)22(28)15-20/h14-19H,2-13H2,1H3. The molecule has 3 rings (SSSR count). The number of esters is 1. The average molecular weight is 511 g/mol. The van der Waals surface area contributed by atoms with Crippen LogP contribution in [0.25, 0.3) is 0 Å². The van der Waals surface area contributed by atoms with Gasteiger partial charge in [0.15, 0.2) is 17.5 Å². The predicted octanol–water partition coefficient (Wildman–Crippen LogP) is 8.47. The summed E-state index contributed by atoms with van der Waals surface area (Å²) < 4.78 is 105. The second kappa shape index (κ2) is 11.5. The minimum atomic E-state index is -4.19. The molecular formula is C26H33F7O2. The number of hydrogen-bond donors (Lipinski definition) is 0. The Morgan fingerprint density at radius 2 is 1.31 bits per heavy atom. The fraction of sp³-hybridized carbons (Fsp3) is 0.731. The number of ether oxygens (including phenoxy) is 1. The molecule has 0 saturated heterocycles. The van der Waals surface area contributed by atoms with Crippen LogP contribution in [0.2, 0.25) is 0 Å². The van der Waals surface area contributed by atoms with E-state index in [2.05, 4.69) is 6.92 Å². The zero-order valence-corrected chi connectivity index (χ0v) is 19.9. The van der Waals surface area contributed by atoms with E-state index in [0.29, 0.717) is 30.9 Å². The van der Waals surface area contributed by atoms with Crippen LogP contribution >= 0.6 is 0 Å². The Balaban J connectivity index is 1.53. The first-order chi connectivity index (χ1) is 16.5. The molecule has 0 radical (unpaired) electrons. The van der Waals surface area contributed by atoms with Crippen LogP contribution in [0, 0.1) is 41.1 Å². The summed E-state index contributed by atoms with van der Waals surface area (Å²) in [5, 5.41) is 0. The Bertz CT molecular complexity index is 834. The van der Waals surface area contributed by atoms with Crippen LogP contribution in [0.1, 0.15) is 84.0 Å². The molecule has 2 aliphatic carbocycles. The van der Waals surface area contributed by atoms with Crippen LogP contribution in [-0.2, 0) is 4.79 Å². The van der Waals surface area contributed by atoms with E-state index < -0.39 is 58.8 Å². The highest BCUT2D eigenvalue weighted by Gasteiger charge is 2.64. The molecule has 0 aliphatic heterocycles. The molecule has 0 spiro atoms. The molecule has 0 unspecified atom stereocenters. The van der Waals surface area contributed by atoms with E-state index in [9.17, 15) is 18.0 Å². The quantitative estimate of drug-likeness (QED) is 0.110. The predicted molar refractivity (Wildman–Crippen MR) is 117 cm³/mol. The van der Waals surface area contributed by atoms with Gasteiger partial charge in [-0.1, -0.05) is 32.6 Å². The zero-order chi connectivity index (χ0) is 25.8. The molecule has 2 saturated carbocycles. The first-order valence-electron chi connectivity index (χ1n) is 12.6. The Kier molecular flexibility index (Phi) is 9.13. The van der Waals surface area contributed by atoms with Gasteiger partial charge in [0.1, 0.15) is 5.75 Å². The van der Waals surface area contributed by atoms with Gasteiger partial charge >= 0.3 is 17.8 Å². The lowest BCUT2D eigenvalue weighted by atomic mass is 9.71. The molecule has 2 aliphatic rings. The third-order valence-electron chi connectivity index (χ3n) is 7.77. The fourth-order valence-corrected chi connectivity index (χ4v) is 5.52. The monoisotopic (exact) mass is 510 g/mol. The smallest absolute Gasteiger partial charge is 0.314 e. The van der Waals surface area contributed by atoms with Crippen molar-refractivity contribution in [3.8, 4) is 5.75 Å². The van der Waals surface area contributed by atoms with E-state index in [4.69, 9.17) is 4.74 Å². The van der Waals surface area contributed by atoms with Crippen molar-refractivity contribution in [1.29, 1.82) is 0 Å². The second-order valence-corrected chi connectivity index (χ2v) is 10.1. The van der Waals surface area contributed by atoms with E-state index in [1.165, 1.54) is 0 Å². The largest absolute Gasteiger partial charge is 0.426 e. The van der Waals surface area contributed by atoms with Gasteiger partial charge < -0.3 is 4.74 Å². The number of alkyl halides is 4. The normalized spacial score (nSPS) is 25.9. The van der Waals surface area contributed by atoms with Crippen molar-refractivity contribution in [2.75, 3.05) is 0 Å². The van der Waals surface area contributed by atoms with Crippen LogP contribution in [0.4, 0.5) is 30.7 Å². The summed E-state index contributed by atoms with van der Waals surface area (Å²) in [6.45, 7) is 2.09. The van der Waals surface area contributed by atoms with Gasteiger partial charge in [-0.3, -0.25) is 4.79 Å². The Morgan fingerprint density at radius 3 is 1.80 bits per heavy atom. The Morgan fingerprint density at radius 1 is 0.829 bits per heavy atom. The molecule has 35 heavy (non-hydrogen) atoms. The Hall–Kier alpha value is -1.80. The van der Waals surface area contributed by atoms with Gasteiger partial charge in [-0.15, -0.1) is 0 Å². The summed E-state index contributed by atoms with van der Waals surface area (Å²) in [5.41, 5.74) is 0. The first-order valence-corrected chi connectivity index (χ1v) is 12.6. The van der Waals surface area contributed by atoms with Gasteiger partial charge in [0, 0.05) is 24.0 Å². The zero-order valence-electron chi connectivity index (χ0n) is 19.9. The number of carbonyl (C=O) groups is 1. The van der Waals surface area contributed by atoms with Crippen molar-refractivity contribution in [2.24, 2.45) is 23.7 Å². The number of hydrogen-bond acceptors (Lipinski definition) is 2. The number of benzene rings is 1. The van der Waals surface area contributed by atoms with E-state index in [1.54, 1.807) is 0 Å². The van der Waals surface area contributed by atoms with E-state index in [-0.39, 0.29) is 38.5 Å². The highest BCUT2D eigenvalue weighted by molar-refractivity contribution is 5.75. The molecule has 0 bridgehead atoms. The number of unbranched alkanes of at least 4 members (excludes halogenated alkanes) is 2. The molecule has 0 aromatic heterocycles. The molecule has 0 amide bonds. The summed E-state index contributed by atoms with van der Waals surface area (Å²) in [4.78, 5) is 12.3. The minimum Gasteiger partial charge on any atom is -0.426 e. The average Bonchev–Trinajstić information content (AvgIpc) is 2.83. The third kappa shape index (κ3) is 6.31. The number of carbonyl (C=O) groups excluding carboxylic acids is 1. The summed E-state index contributed by atoms with van der Waals surface area (Å²) in [6, 6.07) is 1.02. The molecule has 1 aromatic carbocycles. The fourth-order valence-electron chi connectivity index (χ4n) is 5.52. The van der Waals surface area contributed by atoms with Gasteiger partial charge in [0.05, 0.1) is 5.92 Å². The maximum atomic E-state index is 15.0. The summed E-state index contributed by atoms with van der Waals surface area (Å²) in [6.07, 6.45) is 4.63. The summed E-state index contributed by atoms with van der Waals surface area (Å²) >= 11 is 0. The molecular weight excluding hydrogens is 477 g/mol. The SMILES string of the molecule is CCCCCC1CCC(C(F)(F)C(F)(F)C2CCC(C(=O)Oc3cc(F)c(F)c(F)c3)CC2)CC1. The maximum Gasteiger partial charge on any atom is 0.314 e. The molecule has 1 aromatic rings. The Labute approximate surface area is 201 Å². The van der Waals surface area contributed by atoms with Gasteiger partial charge in [-0.25, -0.2) is 13.2 Å². The van der Waals surface area contributed by atoms with Crippen LogP contribution in [0.15, 0.2) is 12.1 Å². The lowest BCUT2D eigenvalue weighted by Gasteiger charge is -2.42. The van der Waals surface area contributed by atoms with Gasteiger partial charge in [0.2, 0.25) is 0 Å². The van der Waals surface area contributed by atoms with Crippen molar-refractivity contribution < 1.29 is 40.3 Å².